The molecule has 150 valence electrons. The lowest BCUT2D eigenvalue weighted by atomic mass is 10.1. The maximum Gasteiger partial charge on any atom is 0.259 e. The summed E-state index contributed by atoms with van der Waals surface area (Å²) in [6.45, 7) is 4.45. The molecule has 1 unspecified atom stereocenters. The molecule has 4 heterocycles. The Bertz CT molecular complexity index is 1130. The number of fused-ring (bicyclic) bond motifs is 1. The molecule has 0 radical (unpaired) electrons. The van der Waals surface area contributed by atoms with Crippen LogP contribution in [-0.2, 0) is 7.05 Å². The minimum atomic E-state index is -0.177. The van der Waals surface area contributed by atoms with Crippen molar-refractivity contribution in [3.05, 3.63) is 48.2 Å². The first-order valence-corrected chi connectivity index (χ1v) is 9.60. The molecule has 0 saturated carbocycles. The number of carbonyl (C=O) groups excluding carboxylic acids is 1. The van der Waals surface area contributed by atoms with E-state index in [0.717, 1.165) is 18.4 Å². The second-order valence-electron chi connectivity index (χ2n) is 7.00. The zero-order valence-corrected chi connectivity index (χ0v) is 16.7. The molecule has 1 amide bonds. The van der Waals surface area contributed by atoms with Gasteiger partial charge in [0.1, 0.15) is 0 Å². The molecule has 4 aromatic heterocycles. The Hall–Kier alpha value is -3.49. The van der Waals surface area contributed by atoms with Crippen LogP contribution in [0, 0.1) is 6.92 Å². The van der Waals surface area contributed by atoms with Crippen molar-refractivity contribution in [1.82, 2.24) is 35.0 Å². The van der Waals surface area contributed by atoms with E-state index in [0.29, 0.717) is 34.6 Å². The van der Waals surface area contributed by atoms with Gasteiger partial charge in [-0.15, -0.1) is 0 Å². The number of rotatable bonds is 7. The van der Waals surface area contributed by atoms with Gasteiger partial charge in [0.05, 0.1) is 34.6 Å². The fraction of sp³-hybridized carbons (Fsp3) is 0.350. The van der Waals surface area contributed by atoms with E-state index in [9.17, 15) is 4.79 Å². The molecule has 29 heavy (non-hydrogen) atoms. The topological polar surface area (TPSA) is 104 Å². The molecule has 0 aromatic carbocycles. The second-order valence-corrected chi connectivity index (χ2v) is 7.00. The Morgan fingerprint density at radius 3 is 2.90 bits per heavy atom. The first-order chi connectivity index (χ1) is 14.1. The predicted octanol–water partition coefficient (Wildman–Crippen LogP) is 2.90. The molecule has 4 aromatic rings. The lowest BCUT2D eigenvalue weighted by Crippen LogP contribution is -2.27. The quantitative estimate of drug-likeness (QED) is 0.518. The van der Waals surface area contributed by atoms with Crippen molar-refractivity contribution in [1.29, 1.82) is 0 Å². The van der Waals surface area contributed by atoms with Crippen LogP contribution in [0.3, 0.4) is 0 Å². The van der Waals surface area contributed by atoms with Crippen LogP contribution in [0.5, 0.6) is 0 Å². The van der Waals surface area contributed by atoms with E-state index in [1.54, 1.807) is 30.1 Å². The molecule has 1 N–H and O–H groups in total. The summed E-state index contributed by atoms with van der Waals surface area (Å²) in [4.78, 5) is 17.5. The number of nitrogens with one attached hydrogen (secondary N) is 1. The summed E-state index contributed by atoms with van der Waals surface area (Å²) >= 11 is 0. The second kappa shape index (κ2) is 7.86. The third-order valence-electron chi connectivity index (χ3n) is 5.00. The van der Waals surface area contributed by atoms with Crippen molar-refractivity contribution in [3.8, 4) is 11.3 Å². The number of nitrogens with zero attached hydrogens (tertiary/aromatic N) is 6. The van der Waals surface area contributed by atoms with E-state index in [4.69, 9.17) is 4.52 Å². The summed E-state index contributed by atoms with van der Waals surface area (Å²) in [6, 6.07) is 3.92. The first kappa shape index (κ1) is 18.9. The smallest absolute Gasteiger partial charge is 0.259 e. The van der Waals surface area contributed by atoms with Crippen LogP contribution in [0.25, 0.3) is 22.4 Å². The molecule has 0 aliphatic carbocycles. The number of aromatic nitrogens is 6. The van der Waals surface area contributed by atoms with Crippen LogP contribution in [0.2, 0.25) is 0 Å². The van der Waals surface area contributed by atoms with Crippen molar-refractivity contribution in [2.75, 3.05) is 6.54 Å². The average molecular weight is 393 g/mol. The Balaban J connectivity index is 1.57. The summed E-state index contributed by atoms with van der Waals surface area (Å²) in [6.07, 6.45) is 8.99. The van der Waals surface area contributed by atoms with Crippen LogP contribution >= 0.6 is 0 Å². The van der Waals surface area contributed by atoms with E-state index >= 15 is 0 Å². The Morgan fingerprint density at radius 2 is 2.21 bits per heavy atom. The van der Waals surface area contributed by atoms with Gasteiger partial charge in [-0.2, -0.15) is 10.2 Å². The van der Waals surface area contributed by atoms with Crippen LogP contribution in [-0.4, -0.2) is 42.2 Å². The maximum atomic E-state index is 13.0. The summed E-state index contributed by atoms with van der Waals surface area (Å²) in [5, 5.41) is 16.1. The average Bonchev–Trinajstić information content (AvgIpc) is 3.46. The van der Waals surface area contributed by atoms with E-state index in [1.165, 1.54) is 0 Å². The Morgan fingerprint density at radius 1 is 1.34 bits per heavy atom. The Labute approximate surface area is 167 Å². The normalized spacial score (nSPS) is 12.4. The molecule has 0 fully saturated rings. The molecule has 0 aliphatic heterocycles. The van der Waals surface area contributed by atoms with Crippen LogP contribution in [0.1, 0.15) is 41.9 Å². The molecule has 0 spiro atoms. The number of hydrogen-bond donors (Lipinski definition) is 1. The first-order valence-electron chi connectivity index (χ1n) is 9.60. The molecular weight excluding hydrogens is 370 g/mol. The van der Waals surface area contributed by atoms with Gasteiger partial charge >= 0.3 is 0 Å². The van der Waals surface area contributed by atoms with Crippen molar-refractivity contribution in [3.63, 3.8) is 0 Å². The standard InChI is InChI=1S/C20H23N7O2/c1-4-15(27-9-5-7-22-27)6-8-21-19(28)16-10-17(14-11-23-26(3)12-14)24-20-18(16)13(2)25-29-20/h5,7,9-12,15H,4,6,8H2,1-3H3,(H,21,28). The molecule has 0 saturated heterocycles. The molecule has 9 heteroatoms. The van der Waals surface area contributed by atoms with Crippen LogP contribution < -0.4 is 5.32 Å². The molecule has 9 nitrogen and oxygen atoms in total. The highest BCUT2D eigenvalue weighted by atomic mass is 16.5. The van der Waals surface area contributed by atoms with Gasteiger partial charge in [0.2, 0.25) is 0 Å². The van der Waals surface area contributed by atoms with Crippen LogP contribution in [0.15, 0.2) is 41.4 Å². The zero-order chi connectivity index (χ0) is 20.4. The van der Waals surface area contributed by atoms with Crippen molar-refractivity contribution in [2.45, 2.75) is 32.7 Å². The summed E-state index contributed by atoms with van der Waals surface area (Å²) in [7, 11) is 1.83. The molecule has 0 aliphatic rings. The van der Waals surface area contributed by atoms with Gasteiger partial charge in [-0.1, -0.05) is 12.1 Å². The van der Waals surface area contributed by atoms with Crippen molar-refractivity contribution >= 4 is 17.0 Å². The number of aryl methyl sites for hydroxylation is 2. The van der Waals surface area contributed by atoms with Crippen molar-refractivity contribution in [2.24, 2.45) is 7.05 Å². The number of hydrogen-bond acceptors (Lipinski definition) is 6. The van der Waals surface area contributed by atoms with Gasteiger partial charge in [-0.25, -0.2) is 4.98 Å². The van der Waals surface area contributed by atoms with Crippen LogP contribution in [0.4, 0.5) is 0 Å². The van der Waals surface area contributed by atoms with E-state index in [1.807, 2.05) is 30.2 Å². The minimum absolute atomic E-state index is 0.177. The van der Waals surface area contributed by atoms with Gasteiger partial charge in [0.25, 0.3) is 11.6 Å². The number of amides is 1. The summed E-state index contributed by atoms with van der Waals surface area (Å²) in [5.41, 5.74) is 2.91. The van der Waals surface area contributed by atoms with E-state index in [2.05, 4.69) is 32.6 Å². The third kappa shape index (κ3) is 3.75. The molecule has 1 atom stereocenters. The highest BCUT2D eigenvalue weighted by Gasteiger charge is 2.20. The largest absolute Gasteiger partial charge is 0.352 e. The van der Waals surface area contributed by atoms with Gasteiger partial charge in [-0.05, 0) is 31.9 Å². The van der Waals surface area contributed by atoms with Gasteiger partial charge in [-0.3, -0.25) is 14.2 Å². The lowest BCUT2D eigenvalue weighted by Gasteiger charge is -2.16. The number of carbonyl (C=O) groups is 1. The zero-order valence-electron chi connectivity index (χ0n) is 16.7. The fourth-order valence-corrected chi connectivity index (χ4v) is 3.44. The Kier molecular flexibility index (Phi) is 5.11. The maximum absolute atomic E-state index is 13.0. The summed E-state index contributed by atoms with van der Waals surface area (Å²) in [5.74, 6) is -0.177. The third-order valence-corrected chi connectivity index (χ3v) is 5.00. The SMILES string of the molecule is CCC(CCNC(=O)c1cc(-c2cnn(C)c2)nc2onc(C)c12)n1cccn1. The lowest BCUT2D eigenvalue weighted by molar-refractivity contribution is 0.0952. The van der Waals surface area contributed by atoms with E-state index < -0.39 is 0 Å². The summed E-state index contributed by atoms with van der Waals surface area (Å²) < 4.78 is 8.96. The highest BCUT2D eigenvalue weighted by Crippen LogP contribution is 2.26. The molecule has 0 bridgehead atoms. The number of pyridine rings is 1. The highest BCUT2D eigenvalue weighted by molar-refractivity contribution is 6.06. The molecule has 4 rings (SSSR count). The fourth-order valence-electron chi connectivity index (χ4n) is 3.44. The van der Waals surface area contributed by atoms with E-state index in [-0.39, 0.29) is 11.9 Å². The van der Waals surface area contributed by atoms with Gasteiger partial charge in [0, 0.05) is 37.7 Å². The monoisotopic (exact) mass is 393 g/mol. The molecular formula is C20H23N7O2. The van der Waals surface area contributed by atoms with Gasteiger partial charge in [0.15, 0.2) is 0 Å². The van der Waals surface area contributed by atoms with Gasteiger partial charge < -0.3 is 9.84 Å². The minimum Gasteiger partial charge on any atom is -0.352 e. The van der Waals surface area contributed by atoms with Crippen molar-refractivity contribution < 1.29 is 9.32 Å². The predicted molar refractivity (Wildman–Crippen MR) is 107 cm³/mol.